The molecule has 1 amide bonds. The van der Waals surface area contributed by atoms with Crippen molar-refractivity contribution in [3.63, 3.8) is 0 Å². The molecule has 130 valence electrons. The third kappa shape index (κ3) is 2.85. The van der Waals surface area contributed by atoms with E-state index in [0.29, 0.717) is 23.5 Å². The van der Waals surface area contributed by atoms with Gasteiger partial charge >= 0.3 is 0 Å². The number of nitriles is 1. The fourth-order valence-electron chi connectivity index (χ4n) is 3.29. The molecule has 7 heteroatoms. The van der Waals surface area contributed by atoms with Gasteiger partial charge in [0, 0.05) is 18.5 Å². The summed E-state index contributed by atoms with van der Waals surface area (Å²) in [6.45, 7) is 1.23. The maximum Gasteiger partial charge on any atom is 0.261 e. The number of fused-ring (bicyclic) bond motifs is 1. The zero-order chi connectivity index (χ0) is 18.1. The van der Waals surface area contributed by atoms with Gasteiger partial charge in [-0.15, -0.1) is 11.3 Å². The summed E-state index contributed by atoms with van der Waals surface area (Å²) in [7, 11) is 0. The van der Waals surface area contributed by atoms with Crippen LogP contribution < -0.4 is 15.8 Å². The number of thiophene rings is 1. The number of aromatic nitrogens is 1. The number of nitrogens with zero attached hydrogens (tertiary/aromatic N) is 2. The maximum atomic E-state index is 12.4. The molecule has 26 heavy (non-hydrogen) atoms. The topological polar surface area (TPSA) is 89.0 Å². The molecule has 2 aromatic heterocycles. The molecular weight excluding hydrogens is 348 g/mol. The fraction of sp³-hybridized carbons (Fsp3) is 0.211. The summed E-state index contributed by atoms with van der Waals surface area (Å²) >= 11 is 1.41. The first-order chi connectivity index (χ1) is 12.7. The molecule has 0 spiro atoms. The standard InChI is InChI=1S/C19H16N4O2S/c20-8-7-14-17(13-4-1-2-5-15(13)22-18(14)24)23-10-12(11-23)21-19(25)16-6-3-9-26-16/h1-6,9,12H,7,10-11H2,(H,21,25)(H,22,24). The van der Waals surface area contributed by atoms with Crippen molar-refractivity contribution in [2.24, 2.45) is 0 Å². The lowest BCUT2D eigenvalue weighted by atomic mass is 10.0. The molecule has 0 atom stereocenters. The third-order valence-corrected chi connectivity index (χ3v) is 5.39. The van der Waals surface area contributed by atoms with Gasteiger partial charge in [0.2, 0.25) is 0 Å². The number of benzene rings is 1. The smallest absolute Gasteiger partial charge is 0.261 e. The highest BCUT2D eigenvalue weighted by Gasteiger charge is 2.31. The lowest BCUT2D eigenvalue weighted by molar-refractivity contribution is 0.0934. The molecule has 0 saturated carbocycles. The first-order valence-electron chi connectivity index (χ1n) is 8.27. The van der Waals surface area contributed by atoms with Gasteiger partial charge in [-0.05, 0) is 17.5 Å². The zero-order valence-electron chi connectivity index (χ0n) is 13.9. The monoisotopic (exact) mass is 364 g/mol. The van der Waals surface area contributed by atoms with Crippen LogP contribution in [0.2, 0.25) is 0 Å². The number of hydrogen-bond donors (Lipinski definition) is 2. The van der Waals surface area contributed by atoms with Crippen molar-refractivity contribution in [3.05, 3.63) is 62.6 Å². The summed E-state index contributed by atoms with van der Waals surface area (Å²) in [5, 5.41) is 14.9. The quantitative estimate of drug-likeness (QED) is 0.743. The molecule has 1 aromatic carbocycles. The highest BCUT2D eigenvalue weighted by atomic mass is 32.1. The molecule has 6 nitrogen and oxygen atoms in total. The Morgan fingerprint density at radius 2 is 2.12 bits per heavy atom. The molecule has 1 saturated heterocycles. The lowest BCUT2D eigenvalue weighted by Crippen LogP contribution is -2.59. The second kappa shape index (κ2) is 6.65. The van der Waals surface area contributed by atoms with Crippen molar-refractivity contribution in [3.8, 4) is 6.07 Å². The Morgan fingerprint density at radius 3 is 2.85 bits per heavy atom. The van der Waals surface area contributed by atoms with E-state index in [1.807, 2.05) is 35.7 Å². The fourth-order valence-corrected chi connectivity index (χ4v) is 3.91. The van der Waals surface area contributed by atoms with Crippen LogP contribution in [-0.2, 0) is 6.42 Å². The average Bonchev–Trinajstić information content (AvgIpc) is 3.14. The summed E-state index contributed by atoms with van der Waals surface area (Å²) in [6, 6.07) is 13.3. The first kappa shape index (κ1) is 16.4. The van der Waals surface area contributed by atoms with E-state index < -0.39 is 0 Å². The molecule has 2 N–H and O–H groups in total. The summed E-state index contributed by atoms with van der Waals surface area (Å²) < 4.78 is 0. The highest BCUT2D eigenvalue weighted by Crippen LogP contribution is 2.31. The molecule has 3 aromatic rings. The van der Waals surface area contributed by atoms with E-state index in [2.05, 4.69) is 21.3 Å². The third-order valence-electron chi connectivity index (χ3n) is 4.52. The van der Waals surface area contributed by atoms with Crippen LogP contribution in [0.25, 0.3) is 10.9 Å². The van der Waals surface area contributed by atoms with Gasteiger partial charge in [-0.2, -0.15) is 5.26 Å². The van der Waals surface area contributed by atoms with Gasteiger partial charge in [-0.3, -0.25) is 9.59 Å². The number of carbonyl (C=O) groups excluding carboxylic acids is 1. The zero-order valence-corrected chi connectivity index (χ0v) is 14.7. The van der Waals surface area contributed by atoms with Crippen LogP contribution in [0.1, 0.15) is 15.2 Å². The van der Waals surface area contributed by atoms with Crippen molar-refractivity contribution >= 4 is 33.8 Å². The van der Waals surface area contributed by atoms with Gasteiger partial charge < -0.3 is 15.2 Å². The lowest BCUT2D eigenvalue weighted by Gasteiger charge is -2.42. The van der Waals surface area contributed by atoms with E-state index in [4.69, 9.17) is 5.26 Å². The Balaban J connectivity index is 1.60. The molecule has 1 aliphatic heterocycles. The molecule has 0 unspecified atom stereocenters. The Labute approximate surface area is 153 Å². The van der Waals surface area contributed by atoms with Crippen molar-refractivity contribution < 1.29 is 4.79 Å². The van der Waals surface area contributed by atoms with E-state index in [1.165, 1.54) is 11.3 Å². The van der Waals surface area contributed by atoms with E-state index in [0.717, 1.165) is 16.6 Å². The molecule has 1 aliphatic rings. The molecule has 0 bridgehead atoms. The van der Waals surface area contributed by atoms with Gasteiger partial charge in [-0.25, -0.2) is 0 Å². The molecule has 0 aliphatic carbocycles. The second-order valence-corrected chi connectivity index (χ2v) is 7.16. The number of carbonyl (C=O) groups is 1. The van der Waals surface area contributed by atoms with E-state index >= 15 is 0 Å². The van der Waals surface area contributed by atoms with E-state index in [-0.39, 0.29) is 23.9 Å². The van der Waals surface area contributed by atoms with Crippen LogP contribution in [0, 0.1) is 11.3 Å². The Bertz CT molecular complexity index is 1060. The van der Waals surface area contributed by atoms with Crippen LogP contribution in [0.3, 0.4) is 0 Å². The van der Waals surface area contributed by atoms with Crippen molar-refractivity contribution in [1.82, 2.24) is 10.3 Å². The minimum Gasteiger partial charge on any atom is -0.366 e. The van der Waals surface area contributed by atoms with E-state index in [1.54, 1.807) is 6.07 Å². The van der Waals surface area contributed by atoms with E-state index in [9.17, 15) is 9.59 Å². The SMILES string of the molecule is N#CCc1c(N2CC(NC(=O)c3cccs3)C2)c2ccccc2[nH]c1=O. The molecule has 0 radical (unpaired) electrons. The van der Waals surface area contributed by atoms with Gasteiger partial charge in [0.05, 0.1) is 40.2 Å². The minimum atomic E-state index is -0.230. The molecule has 1 fully saturated rings. The Morgan fingerprint density at radius 1 is 1.31 bits per heavy atom. The van der Waals surface area contributed by atoms with Gasteiger partial charge in [0.1, 0.15) is 0 Å². The predicted octanol–water partition coefficient (Wildman–Crippen LogP) is 2.27. The summed E-state index contributed by atoms with van der Waals surface area (Å²) in [5.41, 5.74) is 1.80. The number of nitrogens with one attached hydrogen (secondary N) is 2. The summed E-state index contributed by atoms with van der Waals surface area (Å²) in [6.07, 6.45) is 0.0538. The number of rotatable bonds is 4. The first-order valence-corrected chi connectivity index (χ1v) is 9.15. The Kier molecular flexibility index (Phi) is 4.19. The number of amides is 1. The van der Waals surface area contributed by atoms with Crippen LogP contribution in [0.5, 0.6) is 0 Å². The van der Waals surface area contributed by atoms with Crippen molar-refractivity contribution in [2.75, 3.05) is 18.0 Å². The Hall–Kier alpha value is -3.11. The van der Waals surface area contributed by atoms with Gasteiger partial charge in [-0.1, -0.05) is 24.3 Å². The van der Waals surface area contributed by atoms with Crippen LogP contribution >= 0.6 is 11.3 Å². The van der Waals surface area contributed by atoms with Crippen LogP contribution in [0.15, 0.2) is 46.6 Å². The minimum absolute atomic E-state index is 0.0255. The largest absolute Gasteiger partial charge is 0.366 e. The molecular formula is C19H16N4O2S. The normalized spacial score (nSPS) is 14.0. The number of aromatic amines is 1. The second-order valence-electron chi connectivity index (χ2n) is 6.21. The number of H-pyrrole nitrogens is 1. The van der Waals surface area contributed by atoms with Crippen molar-refractivity contribution in [2.45, 2.75) is 12.5 Å². The number of pyridine rings is 1. The molecule has 3 heterocycles. The van der Waals surface area contributed by atoms with Gasteiger partial charge in [0.15, 0.2) is 0 Å². The average molecular weight is 364 g/mol. The van der Waals surface area contributed by atoms with Crippen LogP contribution in [-0.4, -0.2) is 30.0 Å². The summed E-state index contributed by atoms with van der Waals surface area (Å²) in [4.78, 5) is 30.2. The predicted molar refractivity (Wildman–Crippen MR) is 102 cm³/mol. The van der Waals surface area contributed by atoms with Crippen molar-refractivity contribution in [1.29, 1.82) is 5.26 Å². The number of anilines is 1. The number of para-hydroxylation sites is 1. The highest BCUT2D eigenvalue weighted by molar-refractivity contribution is 7.12. The maximum absolute atomic E-state index is 12.4. The summed E-state index contributed by atoms with van der Waals surface area (Å²) in [5.74, 6) is -0.0716. The number of hydrogen-bond acceptors (Lipinski definition) is 5. The van der Waals surface area contributed by atoms with Crippen LogP contribution in [0.4, 0.5) is 5.69 Å². The van der Waals surface area contributed by atoms with Gasteiger partial charge in [0.25, 0.3) is 11.5 Å². The molecule has 4 rings (SSSR count).